The Kier molecular flexibility index (Phi) is 3.82. The van der Waals surface area contributed by atoms with Gasteiger partial charge in [0, 0.05) is 20.9 Å². The van der Waals surface area contributed by atoms with Crippen LogP contribution in [0.1, 0.15) is 22.1 Å². The largest absolute Gasteiger partial charge is 0.307 e. The van der Waals surface area contributed by atoms with Crippen molar-refractivity contribution < 1.29 is 9.59 Å². The molecule has 3 fully saturated rings. The number of thiophene rings is 1. The highest BCUT2D eigenvalue weighted by atomic mass is 32.2. The van der Waals surface area contributed by atoms with E-state index in [1.807, 2.05) is 30.3 Å². The molecule has 2 bridgehead atoms. The van der Waals surface area contributed by atoms with Crippen molar-refractivity contribution >= 4 is 51.9 Å². The zero-order valence-corrected chi connectivity index (χ0v) is 18.7. The van der Waals surface area contributed by atoms with E-state index in [-0.39, 0.29) is 57.4 Å². The molecule has 4 heterocycles. The molecule has 2 saturated carbocycles. The molecule has 3 aromatic rings. The number of aromatic amines is 1. The van der Waals surface area contributed by atoms with Crippen molar-refractivity contribution in [2.45, 2.75) is 22.6 Å². The lowest BCUT2D eigenvalue weighted by Crippen LogP contribution is -2.42. The van der Waals surface area contributed by atoms with Crippen LogP contribution < -0.4 is 9.77 Å². The van der Waals surface area contributed by atoms with E-state index < -0.39 is 0 Å². The lowest BCUT2D eigenvalue weighted by molar-refractivity contribution is -0.123. The summed E-state index contributed by atoms with van der Waals surface area (Å²) >= 11 is 4.77. The fourth-order valence-corrected chi connectivity index (χ4v) is 10.5. The lowest BCUT2D eigenvalue weighted by Gasteiger charge is -2.42. The molecule has 7 atom stereocenters. The van der Waals surface area contributed by atoms with E-state index >= 15 is 0 Å². The van der Waals surface area contributed by atoms with E-state index in [9.17, 15) is 14.4 Å². The number of thioether (sulfide) groups is 1. The Morgan fingerprint density at radius 3 is 2.45 bits per heavy atom. The molecule has 0 unspecified atom stereocenters. The van der Waals surface area contributed by atoms with Crippen LogP contribution in [-0.4, -0.2) is 22.0 Å². The molecule has 156 valence electrons. The van der Waals surface area contributed by atoms with Crippen LogP contribution in [0.2, 0.25) is 0 Å². The molecule has 7 rings (SSSR count). The summed E-state index contributed by atoms with van der Waals surface area (Å²) in [5.74, 6) is 0.224. The van der Waals surface area contributed by atoms with Crippen molar-refractivity contribution in [3.8, 4) is 0 Å². The zero-order valence-electron chi connectivity index (χ0n) is 16.3. The minimum atomic E-state index is -0.237. The molecule has 8 heteroatoms. The molecule has 0 radical (unpaired) electrons. The van der Waals surface area contributed by atoms with Crippen molar-refractivity contribution in [2.75, 3.05) is 4.90 Å². The number of nitrogens with one attached hydrogen (secondary N) is 1. The molecular formula is C23H18N2O3S3. The van der Waals surface area contributed by atoms with Gasteiger partial charge in [-0.2, -0.15) is 0 Å². The third kappa shape index (κ3) is 2.36. The number of benzene rings is 1. The van der Waals surface area contributed by atoms with Gasteiger partial charge in [0.05, 0.1) is 22.5 Å². The predicted molar refractivity (Wildman–Crippen MR) is 122 cm³/mol. The summed E-state index contributed by atoms with van der Waals surface area (Å²) in [4.78, 5) is 46.1. The van der Waals surface area contributed by atoms with Crippen LogP contribution in [0.5, 0.6) is 0 Å². The molecule has 31 heavy (non-hydrogen) atoms. The quantitative estimate of drug-likeness (QED) is 0.576. The second-order valence-electron chi connectivity index (χ2n) is 8.82. The van der Waals surface area contributed by atoms with Crippen molar-refractivity contribution in [3.63, 3.8) is 0 Å². The van der Waals surface area contributed by atoms with Gasteiger partial charge in [0.2, 0.25) is 11.8 Å². The maximum Gasteiger partial charge on any atom is 0.305 e. The van der Waals surface area contributed by atoms with Crippen LogP contribution >= 0.6 is 34.4 Å². The summed E-state index contributed by atoms with van der Waals surface area (Å²) in [6.45, 7) is 0. The van der Waals surface area contributed by atoms with Gasteiger partial charge in [-0.15, -0.1) is 23.1 Å². The number of H-pyrrole nitrogens is 1. The van der Waals surface area contributed by atoms with Crippen LogP contribution in [0.15, 0.2) is 57.7 Å². The molecule has 2 aliphatic carbocycles. The van der Waals surface area contributed by atoms with Crippen LogP contribution in [0.3, 0.4) is 0 Å². The first-order valence-corrected chi connectivity index (χ1v) is 13.1. The Morgan fingerprint density at radius 2 is 1.71 bits per heavy atom. The van der Waals surface area contributed by atoms with Gasteiger partial charge in [-0.25, -0.2) is 0 Å². The molecule has 1 N–H and O–H groups in total. The minimum absolute atomic E-state index is 0.0195. The number of para-hydroxylation sites is 1. The highest BCUT2D eigenvalue weighted by molar-refractivity contribution is 8.00. The van der Waals surface area contributed by atoms with Gasteiger partial charge in [-0.05, 0) is 47.8 Å². The number of hydrogen-bond acceptors (Lipinski definition) is 6. The normalized spacial score (nSPS) is 35.4. The van der Waals surface area contributed by atoms with Gasteiger partial charge in [-0.1, -0.05) is 35.6 Å². The number of thiazole rings is 1. The Morgan fingerprint density at radius 1 is 0.935 bits per heavy atom. The maximum atomic E-state index is 13.6. The van der Waals surface area contributed by atoms with Gasteiger partial charge < -0.3 is 4.98 Å². The summed E-state index contributed by atoms with van der Waals surface area (Å²) in [5.41, 5.74) is 0.681. The zero-order chi connectivity index (χ0) is 20.9. The summed E-state index contributed by atoms with van der Waals surface area (Å²) in [6, 6.07) is 13.5. The summed E-state index contributed by atoms with van der Waals surface area (Å²) in [7, 11) is 0. The van der Waals surface area contributed by atoms with Crippen LogP contribution in [0.25, 0.3) is 0 Å². The minimum Gasteiger partial charge on any atom is -0.307 e. The summed E-state index contributed by atoms with van der Waals surface area (Å²) in [5, 5.41) is 3.30. The topological polar surface area (TPSA) is 70.2 Å². The average molecular weight is 467 g/mol. The van der Waals surface area contributed by atoms with E-state index in [4.69, 9.17) is 0 Å². The van der Waals surface area contributed by atoms with Gasteiger partial charge in [0.15, 0.2) is 0 Å². The van der Waals surface area contributed by atoms with Gasteiger partial charge in [0.25, 0.3) is 0 Å². The first-order chi connectivity index (χ1) is 15.1. The number of carbonyl (C=O) groups is 2. The van der Waals surface area contributed by atoms with Crippen molar-refractivity contribution in [3.05, 3.63) is 67.3 Å². The third-order valence-electron chi connectivity index (χ3n) is 7.59. The summed E-state index contributed by atoms with van der Waals surface area (Å²) < 4.78 is 0. The standard InChI is InChI=1S/C23H18N2O3S3/c26-21-15-11-9-12(16(15)22(27)25(21)10-5-2-1-3-6-10)18-14(11)17(13-7-4-8-29-13)19-20(30-18)24-23(28)31-19/h1-8,11-12,14-18H,9H2,(H,24,28)/t11-,12-,14-,15-,16-,17-,18+/m0/s1. The van der Waals surface area contributed by atoms with E-state index in [1.165, 1.54) is 21.1 Å². The van der Waals surface area contributed by atoms with Crippen LogP contribution in [-0.2, 0) is 9.59 Å². The van der Waals surface area contributed by atoms with Crippen molar-refractivity contribution in [2.24, 2.45) is 29.6 Å². The number of amides is 2. The molecule has 4 aliphatic rings. The molecule has 2 amide bonds. The first-order valence-electron chi connectivity index (χ1n) is 10.5. The second-order valence-corrected chi connectivity index (χ2v) is 12.0. The van der Waals surface area contributed by atoms with Crippen LogP contribution in [0.4, 0.5) is 5.69 Å². The Bertz CT molecular complexity index is 1260. The first kappa shape index (κ1) is 18.4. The maximum absolute atomic E-state index is 13.6. The average Bonchev–Trinajstić information content (AvgIpc) is 3.56. The van der Waals surface area contributed by atoms with Crippen molar-refractivity contribution in [1.29, 1.82) is 0 Å². The van der Waals surface area contributed by atoms with Crippen LogP contribution in [0, 0.1) is 29.6 Å². The smallest absolute Gasteiger partial charge is 0.305 e. The fourth-order valence-electron chi connectivity index (χ4n) is 6.64. The molecule has 5 nitrogen and oxygen atoms in total. The van der Waals surface area contributed by atoms with Gasteiger partial charge in [0.1, 0.15) is 0 Å². The van der Waals surface area contributed by atoms with E-state index in [1.54, 1.807) is 23.1 Å². The molecule has 0 spiro atoms. The molecule has 2 aromatic heterocycles. The number of nitrogens with zero attached hydrogens (tertiary/aromatic N) is 1. The van der Waals surface area contributed by atoms with E-state index in [0.29, 0.717) is 5.69 Å². The SMILES string of the molecule is O=C1[C@H]2[C@@H]3C[C@H]([C@@H]2C(=O)N1c1ccccc1)[C@H]1[C@H](c2cccs2)c2sc(=O)[nH]c2S[C@H]31. The number of rotatable bonds is 2. The molecule has 1 aromatic carbocycles. The number of anilines is 1. The number of fused-ring (bicyclic) bond motifs is 9. The summed E-state index contributed by atoms with van der Waals surface area (Å²) in [6.07, 6.45) is 0.929. The molecular weight excluding hydrogens is 448 g/mol. The number of aromatic nitrogens is 1. The van der Waals surface area contributed by atoms with Gasteiger partial charge >= 0.3 is 4.87 Å². The Balaban J connectivity index is 1.34. The third-order valence-corrected chi connectivity index (χ3v) is 11.1. The predicted octanol–water partition coefficient (Wildman–Crippen LogP) is 4.18. The highest BCUT2D eigenvalue weighted by Gasteiger charge is 2.69. The molecule has 1 saturated heterocycles. The highest BCUT2D eigenvalue weighted by Crippen LogP contribution is 2.68. The Labute approximate surface area is 190 Å². The lowest BCUT2D eigenvalue weighted by atomic mass is 9.69. The van der Waals surface area contributed by atoms with Gasteiger partial charge in [-0.3, -0.25) is 19.3 Å². The molecule has 2 aliphatic heterocycles. The monoisotopic (exact) mass is 466 g/mol. The van der Waals surface area contributed by atoms with Crippen molar-refractivity contribution in [1.82, 2.24) is 4.98 Å². The number of hydrogen-bond donors (Lipinski definition) is 1. The number of carbonyl (C=O) groups excluding carboxylic acids is 2. The Hall–Kier alpha value is -2.16. The number of imide groups is 1. The van der Waals surface area contributed by atoms with E-state index in [0.717, 1.165) is 16.3 Å². The second kappa shape index (κ2) is 6.43. The fraction of sp³-hybridized carbons (Fsp3) is 0.348. The van der Waals surface area contributed by atoms with E-state index in [2.05, 4.69) is 22.5 Å².